The summed E-state index contributed by atoms with van der Waals surface area (Å²) >= 11 is 0. The first-order valence-corrected chi connectivity index (χ1v) is 17.1. The number of H-pyrrole nitrogens is 1. The number of benzene rings is 2. The lowest BCUT2D eigenvalue weighted by Gasteiger charge is -2.30. The quantitative estimate of drug-likeness (QED) is 0.201. The maximum absolute atomic E-state index is 13.4. The molecule has 2 aliphatic heterocycles. The largest absolute Gasteiger partial charge is 0.489 e. The smallest absolute Gasteiger partial charge is 0.407 e. The van der Waals surface area contributed by atoms with Gasteiger partial charge < -0.3 is 40.2 Å². The van der Waals surface area contributed by atoms with E-state index >= 15 is 0 Å². The highest BCUT2D eigenvalue weighted by molar-refractivity contribution is 5.98. The lowest BCUT2D eigenvalue weighted by molar-refractivity contribution is -0.137. The lowest BCUT2D eigenvalue weighted by Crippen LogP contribution is -2.51. The van der Waals surface area contributed by atoms with Crippen LogP contribution in [-0.2, 0) is 25.7 Å². The van der Waals surface area contributed by atoms with E-state index in [1.165, 1.54) is 13.3 Å². The molecule has 0 bridgehead atoms. The van der Waals surface area contributed by atoms with E-state index in [0.717, 1.165) is 36.1 Å². The van der Waals surface area contributed by atoms with Crippen molar-refractivity contribution in [3.05, 3.63) is 78.9 Å². The predicted molar refractivity (Wildman–Crippen MR) is 189 cm³/mol. The third kappa shape index (κ3) is 8.44. The van der Waals surface area contributed by atoms with Gasteiger partial charge in [0.2, 0.25) is 17.7 Å². The van der Waals surface area contributed by atoms with Gasteiger partial charge in [-0.1, -0.05) is 32.6 Å². The molecule has 50 heavy (non-hydrogen) atoms. The lowest BCUT2D eigenvalue weighted by atomic mass is 10.0. The summed E-state index contributed by atoms with van der Waals surface area (Å²) in [6.45, 7) is 10.6. The number of aromatic amines is 1. The number of alkyl carbamates (subject to hydrolysis) is 1. The minimum absolute atomic E-state index is 0.107. The second-order valence-corrected chi connectivity index (χ2v) is 13.0. The Labute approximate surface area is 292 Å². The number of nitrogens with one attached hydrogen (secondary N) is 4. The van der Waals surface area contributed by atoms with Crippen LogP contribution in [0.4, 0.5) is 10.5 Å². The fourth-order valence-electron chi connectivity index (χ4n) is 6.45. The maximum atomic E-state index is 13.4. The Kier molecular flexibility index (Phi) is 11.8. The molecule has 0 radical (unpaired) electrons. The second kappa shape index (κ2) is 16.4. The van der Waals surface area contributed by atoms with Crippen LogP contribution in [0.25, 0.3) is 11.3 Å². The zero-order valence-electron chi connectivity index (χ0n) is 29.1. The summed E-state index contributed by atoms with van der Waals surface area (Å²) in [5, 5.41) is 8.52. The van der Waals surface area contributed by atoms with Crippen molar-refractivity contribution in [3.8, 4) is 17.0 Å². The molecule has 4 amide bonds. The van der Waals surface area contributed by atoms with Gasteiger partial charge in [-0.3, -0.25) is 14.4 Å². The number of hydrogen-bond acceptors (Lipinski definition) is 8. The number of aromatic nitrogens is 2. The molecule has 13 heteroatoms. The standard InChI is InChI=1S/C37H47N7O6/c1-6-38-24(4)35(46)44-20-8-10-31(44)34(45)40-27-15-11-25(12-16-27)22-50-28-17-13-26(14-18-28)29-21-39-33(41-29)30-9-7-19-43(30)36(47)32(23(2)3)42-37(48)49-5/h6,11-18,21,23-24,30-32,38H,1,7-10,19-20,22H2,2-5H3,(H,39,41)(H,40,45)(H,42,48)/t24-,30-,31-,32-/m0/s1. The summed E-state index contributed by atoms with van der Waals surface area (Å²) in [7, 11) is 1.28. The second-order valence-electron chi connectivity index (χ2n) is 13.0. The van der Waals surface area contributed by atoms with Crippen LogP contribution in [0, 0.1) is 5.92 Å². The summed E-state index contributed by atoms with van der Waals surface area (Å²) in [4.78, 5) is 62.5. The highest BCUT2D eigenvalue weighted by Crippen LogP contribution is 2.33. The molecule has 0 aliphatic carbocycles. The van der Waals surface area contributed by atoms with Gasteiger partial charge in [-0.2, -0.15) is 0 Å². The number of amides is 4. The minimum Gasteiger partial charge on any atom is -0.489 e. The topological polar surface area (TPSA) is 158 Å². The van der Waals surface area contributed by atoms with E-state index in [2.05, 4.69) is 32.5 Å². The zero-order valence-corrected chi connectivity index (χ0v) is 29.1. The number of ether oxygens (including phenoxy) is 2. The number of hydrogen-bond donors (Lipinski definition) is 4. The molecule has 266 valence electrons. The van der Waals surface area contributed by atoms with Crippen molar-refractivity contribution in [2.24, 2.45) is 5.92 Å². The monoisotopic (exact) mass is 685 g/mol. The molecule has 3 heterocycles. The fraction of sp³-hybridized carbons (Fsp3) is 0.432. The molecule has 3 aromatic rings. The third-order valence-corrected chi connectivity index (χ3v) is 9.21. The number of imidazole rings is 1. The highest BCUT2D eigenvalue weighted by Gasteiger charge is 2.38. The summed E-state index contributed by atoms with van der Waals surface area (Å²) in [5.41, 5.74) is 3.34. The van der Waals surface area contributed by atoms with E-state index in [1.807, 2.05) is 62.4 Å². The number of carbonyl (C=O) groups excluding carboxylic acids is 4. The average Bonchev–Trinajstić information content (AvgIpc) is 3.91. The van der Waals surface area contributed by atoms with E-state index in [9.17, 15) is 19.2 Å². The summed E-state index contributed by atoms with van der Waals surface area (Å²) in [5.74, 6) is 0.830. The number of methoxy groups -OCH3 is 1. The van der Waals surface area contributed by atoms with Gasteiger partial charge in [-0.05, 0) is 92.2 Å². The number of anilines is 1. The maximum Gasteiger partial charge on any atom is 0.407 e. The molecular formula is C37H47N7O6. The van der Waals surface area contributed by atoms with Gasteiger partial charge in [0.15, 0.2) is 0 Å². The van der Waals surface area contributed by atoms with Gasteiger partial charge in [0.05, 0.1) is 25.0 Å². The molecule has 13 nitrogen and oxygen atoms in total. The molecule has 0 unspecified atom stereocenters. The average molecular weight is 686 g/mol. The predicted octanol–water partition coefficient (Wildman–Crippen LogP) is 4.75. The van der Waals surface area contributed by atoms with Crippen LogP contribution in [0.2, 0.25) is 0 Å². The van der Waals surface area contributed by atoms with Crippen molar-refractivity contribution < 1.29 is 28.7 Å². The van der Waals surface area contributed by atoms with Crippen LogP contribution in [0.15, 0.2) is 67.5 Å². The number of nitrogens with zero attached hydrogens (tertiary/aromatic N) is 3. The van der Waals surface area contributed by atoms with E-state index in [-0.39, 0.29) is 29.7 Å². The number of carbonyl (C=O) groups is 4. The molecule has 0 saturated carbocycles. The van der Waals surface area contributed by atoms with Crippen LogP contribution >= 0.6 is 0 Å². The van der Waals surface area contributed by atoms with Crippen LogP contribution < -0.4 is 20.7 Å². The molecular weight excluding hydrogens is 638 g/mol. The van der Waals surface area contributed by atoms with Crippen molar-refractivity contribution in [2.75, 3.05) is 25.5 Å². The van der Waals surface area contributed by atoms with Gasteiger partial charge >= 0.3 is 6.09 Å². The Hall–Kier alpha value is -5.33. The van der Waals surface area contributed by atoms with Crippen LogP contribution in [0.1, 0.15) is 63.9 Å². The van der Waals surface area contributed by atoms with Crippen molar-refractivity contribution in [2.45, 2.75) is 77.2 Å². The SMILES string of the molecule is C=CN[C@@H](C)C(=O)N1CCC[C@H]1C(=O)Nc1ccc(COc2ccc(-c3cnc([C@@H]4CCCN4C(=O)[C@@H](NC(=O)OC)C(C)C)[nH]3)cc2)cc1. The van der Waals surface area contributed by atoms with Crippen molar-refractivity contribution in [1.29, 1.82) is 0 Å². The summed E-state index contributed by atoms with van der Waals surface area (Å²) in [6, 6.07) is 13.3. The zero-order chi connectivity index (χ0) is 35.8. The molecule has 4 atom stereocenters. The van der Waals surface area contributed by atoms with E-state index in [4.69, 9.17) is 9.47 Å². The van der Waals surface area contributed by atoms with Crippen LogP contribution in [0.5, 0.6) is 5.75 Å². The van der Waals surface area contributed by atoms with Crippen LogP contribution in [0.3, 0.4) is 0 Å². The third-order valence-electron chi connectivity index (χ3n) is 9.21. The number of rotatable bonds is 13. The van der Waals surface area contributed by atoms with Gasteiger partial charge in [0.1, 0.15) is 36.3 Å². The molecule has 1 aromatic heterocycles. The Bertz CT molecular complexity index is 1660. The van der Waals surface area contributed by atoms with Crippen LogP contribution in [-0.4, -0.2) is 81.9 Å². The molecule has 2 fully saturated rings. The molecule has 4 N–H and O–H groups in total. The van der Waals surface area contributed by atoms with Gasteiger partial charge in [-0.15, -0.1) is 0 Å². The first kappa shape index (κ1) is 36.0. The van der Waals surface area contributed by atoms with Crippen molar-refractivity contribution >= 4 is 29.5 Å². The van der Waals surface area contributed by atoms with Gasteiger partial charge in [0.25, 0.3) is 0 Å². The summed E-state index contributed by atoms with van der Waals surface area (Å²) < 4.78 is 10.7. The highest BCUT2D eigenvalue weighted by atomic mass is 16.5. The summed E-state index contributed by atoms with van der Waals surface area (Å²) in [6.07, 6.45) is 5.64. The molecule has 2 aromatic carbocycles. The normalized spacial score (nSPS) is 18.3. The molecule has 2 saturated heterocycles. The first-order chi connectivity index (χ1) is 24.1. The Morgan fingerprint density at radius 2 is 1.68 bits per heavy atom. The fourth-order valence-corrected chi connectivity index (χ4v) is 6.45. The van der Waals surface area contributed by atoms with Crippen molar-refractivity contribution in [3.63, 3.8) is 0 Å². The van der Waals surface area contributed by atoms with E-state index in [1.54, 1.807) is 22.9 Å². The Morgan fingerprint density at radius 1 is 0.980 bits per heavy atom. The molecule has 5 rings (SSSR count). The van der Waals surface area contributed by atoms with Crippen molar-refractivity contribution in [1.82, 2.24) is 30.4 Å². The van der Waals surface area contributed by atoms with E-state index < -0.39 is 24.2 Å². The van der Waals surface area contributed by atoms with Gasteiger partial charge in [0, 0.05) is 18.8 Å². The minimum atomic E-state index is -0.690. The Balaban J connectivity index is 1.14. The number of likely N-dealkylation sites (tertiary alicyclic amines) is 2. The molecule has 2 aliphatic rings. The Morgan fingerprint density at radius 3 is 2.36 bits per heavy atom. The first-order valence-electron chi connectivity index (χ1n) is 17.1. The van der Waals surface area contributed by atoms with E-state index in [0.29, 0.717) is 43.4 Å². The molecule has 0 spiro atoms. The van der Waals surface area contributed by atoms with Gasteiger partial charge in [-0.25, -0.2) is 9.78 Å².